The minimum atomic E-state index is -1.32. The van der Waals surface area contributed by atoms with Gasteiger partial charge < -0.3 is 15.5 Å². The van der Waals surface area contributed by atoms with E-state index in [9.17, 15) is 19.7 Å². The van der Waals surface area contributed by atoms with Gasteiger partial charge in [-0.2, -0.15) is 0 Å². The first-order valence-corrected chi connectivity index (χ1v) is 4.59. The molecule has 8 nitrogen and oxygen atoms in total. The van der Waals surface area contributed by atoms with Crippen LogP contribution in [-0.2, 0) is 9.59 Å². The number of carbonyl (C=O) groups is 2. The van der Waals surface area contributed by atoms with E-state index in [0.29, 0.717) is 12.2 Å². The third kappa shape index (κ3) is 3.59. The summed E-state index contributed by atoms with van der Waals surface area (Å²) in [7, 11) is 0. The molecule has 3 N–H and O–H groups in total. The van der Waals surface area contributed by atoms with Gasteiger partial charge in [-0.1, -0.05) is 0 Å². The number of aliphatic carboxylic acids is 1. The number of nitrogens with one attached hydrogen (secondary N) is 1. The van der Waals surface area contributed by atoms with Crippen molar-refractivity contribution in [2.45, 2.75) is 0 Å². The van der Waals surface area contributed by atoms with Crippen LogP contribution in [0.1, 0.15) is 0 Å². The van der Waals surface area contributed by atoms with E-state index in [1.54, 1.807) is 0 Å². The average molecular weight is 252 g/mol. The Bertz CT molecular complexity index is 537. The number of carboxylic acids is 1. The monoisotopic (exact) mass is 252 g/mol. The third-order valence-electron chi connectivity index (χ3n) is 1.81. The van der Waals surface area contributed by atoms with Crippen molar-refractivity contribution >= 4 is 23.3 Å². The molecule has 0 spiro atoms. The van der Waals surface area contributed by atoms with Crippen molar-refractivity contribution in [3.63, 3.8) is 0 Å². The van der Waals surface area contributed by atoms with Gasteiger partial charge in [0.05, 0.1) is 4.92 Å². The second-order valence-electron chi connectivity index (χ2n) is 3.12. The highest BCUT2D eigenvalue weighted by atomic mass is 16.6. The number of hydrogen-bond donors (Lipinski definition) is 3. The number of nitrogens with zero attached hydrogens (tertiary/aromatic N) is 1. The van der Waals surface area contributed by atoms with Gasteiger partial charge >= 0.3 is 5.97 Å². The predicted molar refractivity (Wildman–Crippen MR) is 60.2 cm³/mol. The molecule has 0 heterocycles. The van der Waals surface area contributed by atoms with Crippen LogP contribution in [0.25, 0.3) is 0 Å². The Labute approximate surface area is 100 Å². The number of aromatic hydroxyl groups is 1. The summed E-state index contributed by atoms with van der Waals surface area (Å²) >= 11 is 0. The van der Waals surface area contributed by atoms with Crippen LogP contribution in [0.4, 0.5) is 11.4 Å². The predicted octanol–water partition coefficient (Wildman–Crippen LogP) is 0.880. The zero-order valence-electron chi connectivity index (χ0n) is 8.86. The van der Waals surface area contributed by atoms with Gasteiger partial charge in [0.25, 0.3) is 5.69 Å². The summed E-state index contributed by atoms with van der Waals surface area (Å²) in [6, 6.07) is 3.11. The maximum absolute atomic E-state index is 11.2. The van der Waals surface area contributed by atoms with E-state index < -0.39 is 22.5 Å². The number of nitro benzene ring substituents is 1. The molecular weight excluding hydrogens is 244 g/mol. The Kier molecular flexibility index (Phi) is 3.98. The van der Waals surface area contributed by atoms with E-state index in [2.05, 4.69) is 5.32 Å². The molecular formula is C10H8N2O6. The standard InChI is InChI=1S/C10H8N2O6/c13-6-1-2-8(12(17)18)7(5-6)11-9(14)3-4-10(15)16/h1-5,13H,(H,11,14)(H,15,16)/b4-3-. The molecule has 0 radical (unpaired) electrons. The van der Waals surface area contributed by atoms with Gasteiger partial charge in [-0.3, -0.25) is 14.9 Å². The summed E-state index contributed by atoms with van der Waals surface area (Å²) in [5.74, 6) is -2.44. The minimum absolute atomic E-state index is 0.222. The molecule has 0 aliphatic rings. The quantitative estimate of drug-likeness (QED) is 0.414. The van der Waals surface area contributed by atoms with Gasteiger partial charge in [0.2, 0.25) is 5.91 Å². The molecule has 0 atom stereocenters. The van der Waals surface area contributed by atoms with E-state index in [1.165, 1.54) is 0 Å². The Morgan fingerprint density at radius 3 is 2.56 bits per heavy atom. The summed E-state index contributed by atoms with van der Waals surface area (Å²) < 4.78 is 0. The number of nitro groups is 1. The van der Waals surface area contributed by atoms with Gasteiger partial charge in [-0.15, -0.1) is 0 Å². The fourth-order valence-corrected chi connectivity index (χ4v) is 1.10. The summed E-state index contributed by atoms with van der Waals surface area (Å²) in [5.41, 5.74) is -0.634. The summed E-state index contributed by atoms with van der Waals surface area (Å²) in [4.78, 5) is 31.3. The molecule has 94 valence electrons. The first-order chi connectivity index (χ1) is 8.40. The van der Waals surface area contributed by atoms with Crippen LogP contribution in [0.15, 0.2) is 30.4 Å². The molecule has 0 saturated heterocycles. The van der Waals surface area contributed by atoms with Crippen LogP contribution >= 0.6 is 0 Å². The molecule has 0 aliphatic heterocycles. The molecule has 1 amide bonds. The smallest absolute Gasteiger partial charge is 0.328 e. The summed E-state index contributed by atoms with van der Waals surface area (Å²) in [6.07, 6.45) is 1.29. The summed E-state index contributed by atoms with van der Waals surface area (Å²) in [6.45, 7) is 0. The van der Waals surface area contributed by atoms with E-state index >= 15 is 0 Å². The highest BCUT2D eigenvalue weighted by Crippen LogP contribution is 2.28. The lowest BCUT2D eigenvalue weighted by Crippen LogP contribution is -2.10. The Morgan fingerprint density at radius 2 is 2.00 bits per heavy atom. The number of carbonyl (C=O) groups excluding carboxylic acids is 1. The second-order valence-corrected chi connectivity index (χ2v) is 3.12. The van der Waals surface area contributed by atoms with Crippen molar-refractivity contribution in [2.24, 2.45) is 0 Å². The molecule has 0 unspecified atom stereocenters. The van der Waals surface area contributed by atoms with Crippen LogP contribution in [0, 0.1) is 10.1 Å². The van der Waals surface area contributed by atoms with Crippen LogP contribution in [0.5, 0.6) is 5.75 Å². The normalized spacial score (nSPS) is 10.2. The van der Waals surface area contributed by atoms with Crippen molar-refractivity contribution in [3.8, 4) is 5.75 Å². The van der Waals surface area contributed by atoms with E-state index in [0.717, 1.165) is 18.2 Å². The largest absolute Gasteiger partial charge is 0.508 e. The minimum Gasteiger partial charge on any atom is -0.508 e. The van der Waals surface area contributed by atoms with E-state index in [1.807, 2.05) is 0 Å². The molecule has 0 bridgehead atoms. The third-order valence-corrected chi connectivity index (χ3v) is 1.81. The van der Waals surface area contributed by atoms with Crippen molar-refractivity contribution in [1.82, 2.24) is 0 Å². The van der Waals surface area contributed by atoms with Crippen molar-refractivity contribution in [2.75, 3.05) is 5.32 Å². The number of anilines is 1. The lowest BCUT2D eigenvalue weighted by Gasteiger charge is -2.03. The number of amides is 1. The van der Waals surface area contributed by atoms with Gasteiger partial charge in [0, 0.05) is 24.3 Å². The van der Waals surface area contributed by atoms with Gasteiger partial charge in [0.15, 0.2) is 0 Å². The second kappa shape index (κ2) is 5.43. The average Bonchev–Trinajstić information content (AvgIpc) is 2.26. The zero-order valence-corrected chi connectivity index (χ0v) is 8.86. The first-order valence-electron chi connectivity index (χ1n) is 4.59. The Morgan fingerprint density at radius 1 is 1.33 bits per heavy atom. The first kappa shape index (κ1) is 13.2. The molecule has 1 rings (SSSR count). The van der Waals surface area contributed by atoms with Crippen molar-refractivity contribution in [1.29, 1.82) is 0 Å². The van der Waals surface area contributed by atoms with E-state index in [4.69, 9.17) is 10.2 Å². The van der Waals surface area contributed by atoms with Crippen LogP contribution in [-0.4, -0.2) is 27.0 Å². The molecule has 8 heteroatoms. The SMILES string of the molecule is O=C(O)/C=C\C(=O)Nc1cc(O)ccc1[N+](=O)[O-]. The van der Waals surface area contributed by atoms with Crippen molar-refractivity contribution in [3.05, 3.63) is 40.5 Å². The number of phenolic OH excluding ortho intramolecular Hbond substituents is 1. The van der Waals surface area contributed by atoms with Crippen LogP contribution in [0.3, 0.4) is 0 Å². The molecule has 1 aromatic rings. The Hall–Kier alpha value is -2.90. The number of hydrogen-bond acceptors (Lipinski definition) is 5. The van der Waals surface area contributed by atoms with Crippen molar-refractivity contribution < 1.29 is 24.7 Å². The summed E-state index contributed by atoms with van der Waals surface area (Å²) in [5, 5.41) is 30.2. The lowest BCUT2D eigenvalue weighted by atomic mass is 10.2. The molecule has 0 saturated carbocycles. The van der Waals surface area contributed by atoms with Gasteiger partial charge in [-0.05, 0) is 6.07 Å². The number of phenols is 1. The molecule has 0 aliphatic carbocycles. The maximum Gasteiger partial charge on any atom is 0.328 e. The fourth-order valence-electron chi connectivity index (χ4n) is 1.10. The number of rotatable bonds is 4. The van der Waals surface area contributed by atoms with Crippen LogP contribution in [0.2, 0.25) is 0 Å². The zero-order chi connectivity index (χ0) is 13.7. The maximum atomic E-state index is 11.2. The highest BCUT2D eigenvalue weighted by Gasteiger charge is 2.15. The van der Waals surface area contributed by atoms with Gasteiger partial charge in [-0.25, -0.2) is 4.79 Å². The fraction of sp³-hybridized carbons (Fsp3) is 0. The molecule has 0 fully saturated rings. The molecule has 1 aromatic carbocycles. The molecule has 0 aromatic heterocycles. The number of benzene rings is 1. The Balaban J connectivity index is 2.96. The molecule has 18 heavy (non-hydrogen) atoms. The number of carboxylic acid groups (broad SMARTS) is 1. The topological polar surface area (TPSA) is 130 Å². The lowest BCUT2D eigenvalue weighted by molar-refractivity contribution is -0.383. The highest BCUT2D eigenvalue weighted by molar-refractivity contribution is 6.03. The van der Waals surface area contributed by atoms with E-state index in [-0.39, 0.29) is 11.4 Å². The van der Waals surface area contributed by atoms with Gasteiger partial charge in [0.1, 0.15) is 11.4 Å². The van der Waals surface area contributed by atoms with Crippen LogP contribution < -0.4 is 5.32 Å².